The molecular weight excluding hydrogens is 428 g/mol. The van der Waals surface area contributed by atoms with E-state index >= 15 is 0 Å². The van der Waals surface area contributed by atoms with E-state index in [-0.39, 0.29) is 30.0 Å². The molecule has 7 heteroatoms. The highest BCUT2D eigenvalue weighted by molar-refractivity contribution is 5.95. The number of benzene rings is 3. The highest BCUT2D eigenvalue weighted by Crippen LogP contribution is 2.19. The first-order chi connectivity index (χ1) is 16.6. The number of piperidine rings is 1. The van der Waals surface area contributed by atoms with Crippen molar-refractivity contribution < 1.29 is 9.59 Å². The van der Waals surface area contributed by atoms with Crippen molar-refractivity contribution in [3.05, 3.63) is 89.1 Å². The molecule has 1 aliphatic heterocycles. The van der Waals surface area contributed by atoms with Crippen molar-refractivity contribution in [2.24, 2.45) is 0 Å². The first kappa shape index (κ1) is 21.7. The number of urea groups is 1. The van der Waals surface area contributed by atoms with Crippen molar-refractivity contribution in [3.63, 3.8) is 0 Å². The summed E-state index contributed by atoms with van der Waals surface area (Å²) in [7, 11) is 0. The third-order valence-electron chi connectivity index (χ3n) is 6.35. The zero-order valence-electron chi connectivity index (χ0n) is 18.7. The van der Waals surface area contributed by atoms with Crippen LogP contribution in [0.5, 0.6) is 0 Å². The highest BCUT2D eigenvalue weighted by atomic mass is 16.2. The number of nitrogens with zero attached hydrogens (tertiary/aromatic N) is 2. The molecule has 5 rings (SSSR count). The summed E-state index contributed by atoms with van der Waals surface area (Å²) in [5, 5.41) is 7.24. The van der Waals surface area contributed by atoms with E-state index in [1.165, 1.54) is 0 Å². The van der Waals surface area contributed by atoms with Gasteiger partial charge in [0.15, 0.2) is 5.43 Å². The molecule has 2 N–H and O–H groups in total. The molecule has 0 unspecified atom stereocenters. The quantitative estimate of drug-likeness (QED) is 0.458. The third-order valence-corrected chi connectivity index (χ3v) is 6.35. The van der Waals surface area contributed by atoms with Crippen LogP contribution in [-0.4, -0.2) is 40.5 Å². The van der Waals surface area contributed by atoms with Crippen LogP contribution in [-0.2, 0) is 11.3 Å². The first-order valence-electron chi connectivity index (χ1n) is 11.5. The number of carbonyl (C=O) groups is 2. The topological polar surface area (TPSA) is 83.4 Å². The van der Waals surface area contributed by atoms with Crippen LogP contribution in [0.15, 0.2) is 83.7 Å². The fourth-order valence-electron chi connectivity index (χ4n) is 4.62. The number of fused-ring (bicyclic) bond motifs is 2. The standard InChI is InChI=1S/C27H26N4O3/c32-25(28-20-14-16-30(17-15-20)27(34)29-19-8-2-1-3-9-19)18-31-23-12-6-4-10-21(23)26(33)22-11-5-7-13-24(22)31/h1-13,20H,14-18H2,(H,28,32)(H,29,34). The molecule has 3 aromatic carbocycles. The third kappa shape index (κ3) is 4.37. The van der Waals surface area contributed by atoms with Crippen molar-refractivity contribution in [2.45, 2.75) is 25.4 Å². The summed E-state index contributed by atoms with van der Waals surface area (Å²) in [5.74, 6) is -0.105. The van der Waals surface area contributed by atoms with Gasteiger partial charge in [0.05, 0.1) is 11.0 Å². The Morgan fingerprint density at radius 1 is 0.794 bits per heavy atom. The molecule has 0 saturated carbocycles. The minimum absolute atomic E-state index is 0.00480. The normalized spacial score (nSPS) is 14.3. The summed E-state index contributed by atoms with van der Waals surface area (Å²) in [6.07, 6.45) is 1.39. The van der Waals surface area contributed by atoms with Gasteiger partial charge in [0.1, 0.15) is 6.54 Å². The molecule has 0 aliphatic carbocycles. The first-order valence-corrected chi connectivity index (χ1v) is 11.5. The summed E-state index contributed by atoms with van der Waals surface area (Å²) >= 11 is 0. The molecular formula is C27H26N4O3. The van der Waals surface area contributed by atoms with E-state index in [1.807, 2.05) is 71.3 Å². The van der Waals surface area contributed by atoms with Crippen molar-refractivity contribution in [3.8, 4) is 0 Å². The molecule has 1 aromatic heterocycles. The summed E-state index contributed by atoms with van der Waals surface area (Å²) in [6, 6.07) is 24.0. The number of anilines is 1. The summed E-state index contributed by atoms with van der Waals surface area (Å²) in [4.78, 5) is 40.2. The molecule has 7 nitrogen and oxygen atoms in total. The minimum Gasteiger partial charge on any atom is -0.352 e. The Morgan fingerprint density at radius 3 is 1.97 bits per heavy atom. The fraction of sp³-hybridized carbons (Fsp3) is 0.222. The van der Waals surface area contributed by atoms with Gasteiger partial charge in [-0.3, -0.25) is 9.59 Å². The second kappa shape index (κ2) is 9.39. The van der Waals surface area contributed by atoms with Gasteiger partial charge in [0.25, 0.3) is 0 Å². The van der Waals surface area contributed by atoms with Gasteiger partial charge in [-0.05, 0) is 49.2 Å². The van der Waals surface area contributed by atoms with Gasteiger partial charge in [0, 0.05) is 35.6 Å². The van der Waals surface area contributed by atoms with Crippen LogP contribution in [0, 0.1) is 0 Å². The number of pyridine rings is 1. The van der Waals surface area contributed by atoms with E-state index in [0.717, 1.165) is 16.7 Å². The van der Waals surface area contributed by atoms with E-state index in [1.54, 1.807) is 17.0 Å². The number of aromatic nitrogens is 1. The molecule has 0 atom stereocenters. The minimum atomic E-state index is -0.123. The lowest BCUT2D eigenvalue weighted by Gasteiger charge is -2.32. The smallest absolute Gasteiger partial charge is 0.321 e. The highest BCUT2D eigenvalue weighted by Gasteiger charge is 2.24. The van der Waals surface area contributed by atoms with Crippen molar-refractivity contribution in [1.29, 1.82) is 0 Å². The molecule has 1 fully saturated rings. The van der Waals surface area contributed by atoms with E-state index in [4.69, 9.17) is 0 Å². The van der Waals surface area contributed by atoms with Gasteiger partial charge >= 0.3 is 6.03 Å². The summed E-state index contributed by atoms with van der Waals surface area (Å²) < 4.78 is 1.91. The zero-order chi connectivity index (χ0) is 23.5. The van der Waals surface area contributed by atoms with Crippen LogP contribution in [0.3, 0.4) is 0 Å². The molecule has 172 valence electrons. The maximum absolute atomic E-state index is 13.0. The second-order valence-corrected chi connectivity index (χ2v) is 8.57. The number of hydrogen-bond acceptors (Lipinski definition) is 3. The van der Waals surface area contributed by atoms with E-state index in [0.29, 0.717) is 36.7 Å². The molecule has 1 aliphatic rings. The predicted molar refractivity (Wildman–Crippen MR) is 134 cm³/mol. The maximum Gasteiger partial charge on any atom is 0.321 e. The van der Waals surface area contributed by atoms with E-state index < -0.39 is 0 Å². The lowest BCUT2D eigenvalue weighted by atomic mass is 10.1. The average molecular weight is 455 g/mol. The van der Waals surface area contributed by atoms with Crippen LogP contribution in [0.1, 0.15) is 12.8 Å². The molecule has 34 heavy (non-hydrogen) atoms. The summed E-state index contributed by atoms with van der Waals surface area (Å²) in [5.41, 5.74) is 2.23. The number of carbonyl (C=O) groups excluding carboxylic acids is 2. The van der Waals surface area contributed by atoms with Crippen LogP contribution in [0.25, 0.3) is 21.8 Å². The fourth-order valence-corrected chi connectivity index (χ4v) is 4.62. The van der Waals surface area contributed by atoms with E-state index in [2.05, 4.69) is 10.6 Å². The molecule has 4 aromatic rings. The van der Waals surface area contributed by atoms with Gasteiger partial charge in [-0.25, -0.2) is 4.79 Å². The average Bonchev–Trinajstić information content (AvgIpc) is 2.87. The lowest BCUT2D eigenvalue weighted by molar-refractivity contribution is -0.122. The number of likely N-dealkylation sites (tertiary alicyclic amines) is 1. The Labute approximate surface area is 197 Å². The molecule has 1 saturated heterocycles. The number of rotatable bonds is 4. The molecule has 0 radical (unpaired) electrons. The van der Waals surface area contributed by atoms with E-state index in [9.17, 15) is 14.4 Å². The Hall–Kier alpha value is -4.13. The van der Waals surface area contributed by atoms with Gasteiger partial charge in [-0.2, -0.15) is 0 Å². The van der Waals surface area contributed by atoms with Crippen molar-refractivity contribution in [2.75, 3.05) is 18.4 Å². The monoisotopic (exact) mass is 454 g/mol. The number of nitrogens with one attached hydrogen (secondary N) is 2. The lowest BCUT2D eigenvalue weighted by Crippen LogP contribution is -2.48. The number of para-hydroxylation sites is 3. The Bertz CT molecular complexity index is 1350. The Balaban J connectivity index is 1.25. The molecule has 2 heterocycles. The molecule has 0 spiro atoms. The van der Waals surface area contributed by atoms with Gasteiger partial charge in [0.2, 0.25) is 5.91 Å². The zero-order valence-corrected chi connectivity index (χ0v) is 18.7. The van der Waals surface area contributed by atoms with Crippen molar-refractivity contribution >= 4 is 39.4 Å². The predicted octanol–water partition coefficient (Wildman–Crippen LogP) is 3.97. The largest absolute Gasteiger partial charge is 0.352 e. The Kier molecular flexibility index (Phi) is 5.99. The van der Waals surface area contributed by atoms with Crippen LogP contribution in [0.4, 0.5) is 10.5 Å². The summed E-state index contributed by atoms with van der Waals surface area (Å²) in [6.45, 7) is 1.27. The van der Waals surface area contributed by atoms with Crippen LogP contribution >= 0.6 is 0 Å². The van der Waals surface area contributed by atoms with Gasteiger partial charge in [-0.1, -0.05) is 42.5 Å². The Morgan fingerprint density at radius 2 is 1.35 bits per heavy atom. The van der Waals surface area contributed by atoms with Crippen LogP contribution in [0.2, 0.25) is 0 Å². The SMILES string of the molecule is O=C(Cn1c2ccccc2c(=O)c2ccccc21)NC1CCN(C(=O)Nc2ccccc2)CC1. The number of amides is 3. The van der Waals surface area contributed by atoms with Gasteiger partial charge in [-0.15, -0.1) is 0 Å². The van der Waals surface area contributed by atoms with Gasteiger partial charge < -0.3 is 20.1 Å². The molecule has 3 amide bonds. The van der Waals surface area contributed by atoms with Crippen LogP contribution < -0.4 is 16.1 Å². The maximum atomic E-state index is 13.0. The van der Waals surface area contributed by atoms with Crippen molar-refractivity contribution in [1.82, 2.24) is 14.8 Å². The number of hydrogen-bond donors (Lipinski definition) is 2. The molecule has 0 bridgehead atoms. The second-order valence-electron chi connectivity index (χ2n) is 8.57.